The van der Waals surface area contributed by atoms with Crippen LogP contribution in [0, 0.1) is 11.3 Å². The van der Waals surface area contributed by atoms with E-state index in [4.69, 9.17) is 14.6 Å². The van der Waals surface area contributed by atoms with Gasteiger partial charge in [-0.2, -0.15) is 5.26 Å². The number of hydrogen-bond donors (Lipinski definition) is 4. The molecule has 4 N–H and O–H groups in total. The van der Waals surface area contributed by atoms with Crippen LogP contribution in [0.1, 0.15) is 13.8 Å². The monoisotopic (exact) mass is 489 g/mol. The molecule has 12 heteroatoms. The summed E-state index contributed by atoms with van der Waals surface area (Å²) in [5.74, 6) is -0.766. The van der Waals surface area contributed by atoms with Gasteiger partial charge in [-0.25, -0.2) is 9.59 Å². The third kappa shape index (κ3) is 7.45. The average molecular weight is 490 g/mol. The summed E-state index contributed by atoms with van der Waals surface area (Å²) in [5.41, 5.74) is 0.688. The van der Waals surface area contributed by atoms with Crippen molar-refractivity contribution in [2.75, 3.05) is 43.6 Å². The normalized spacial score (nSPS) is 12.0. The van der Waals surface area contributed by atoms with Gasteiger partial charge in [0.2, 0.25) is 0 Å². The van der Waals surface area contributed by atoms with Crippen LogP contribution < -0.4 is 30.7 Å². The number of aliphatic hydroxyl groups is 1. The minimum Gasteiger partial charge on any atom is -0.462 e. The Hall–Kier alpha value is -3.66. The maximum Gasteiger partial charge on any atom is 0.351 e. The van der Waals surface area contributed by atoms with Crippen molar-refractivity contribution in [3.8, 4) is 6.07 Å². The van der Waals surface area contributed by atoms with E-state index >= 15 is 0 Å². The molecular formula is C22H27N5O6S. The number of anilines is 2. The zero-order valence-corrected chi connectivity index (χ0v) is 19.7. The second kappa shape index (κ2) is 13.8. The van der Waals surface area contributed by atoms with Crippen molar-refractivity contribution >= 4 is 46.5 Å². The number of esters is 1. The summed E-state index contributed by atoms with van der Waals surface area (Å²) in [7, 11) is 0. The first-order chi connectivity index (χ1) is 16.4. The molecule has 11 nitrogen and oxygen atoms in total. The Bertz CT molecular complexity index is 1200. The van der Waals surface area contributed by atoms with Crippen LogP contribution in [0.15, 0.2) is 29.1 Å². The minimum absolute atomic E-state index is 0.0701. The fourth-order valence-corrected chi connectivity index (χ4v) is 3.83. The van der Waals surface area contributed by atoms with E-state index in [0.717, 1.165) is 11.3 Å². The van der Waals surface area contributed by atoms with Crippen LogP contribution >= 0.6 is 11.3 Å². The smallest absolute Gasteiger partial charge is 0.351 e. The molecule has 0 aliphatic rings. The van der Waals surface area contributed by atoms with Crippen LogP contribution in [0.4, 0.5) is 16.2 Å². The van der Waals surface area contributed by atoms with Gasteiger partial charge >= 0.3 is 12.0 Å². The van der Waals surface area contributed by atoms with E-state index in [9.17, 15) is 19.6 Å². The van der Waals surface area contributed by atoms with Gasteiger partial charge in [-0.05, 0) is 38.1 Å². The molecule has 0 spiro atoms. The lowest BCUT2D eigenvalue weighted by molar-refractivity contribution is -0.136. The molecule has 0 radical (unpaired) electrons. The molecule has 1 heterocycles. The molecule has 182 valence electrons. The molecular weight excluding hydrogens is 462 g/mol. The number of amides is 2. The van der Waals surface area contributed by atoms with Crippen molar-refractivity contribution in [2.24, 2.45) is 0 Å². The second-order valence-corrected chi connectivity index (χ2v) is 7.64. The predicted molar refractivity (Wildman–Crippen MR) is 129 cm³/mol. The van der Waals surface area contributed by atoms with E-state index in [1.54, 1.807) is 38.1 Å². The summed E-state index contributed by atoms with van der Waals surface area (Å²) in [6.45, 7) is 4.55. The number of carbonyl (C=O) groups excluding carboxylic acids is 2. The zero-order chi connectivity index (χ0) is 24.9. The van der Waals surface area contributed by atoms with Gasteiger partial charge in [0.25, 0.3) is 5.56 Å². The number of nitriles is 1. The Labute approximate surface area is 199 Å². The number of hydrogen-bond acceptors (Lipinski definition) is 9. The predicted octanol–water partition coefficient (Wildman–Crippen LogP) is 0.148. The van der Waals surface area contributed by atoms with E-state index in [1.165, 1.54) is 10.8 Å². The third-order valence-electron chi connectivity index (χ3n) is 4.31. The fraction of sp³-hybridized carbons (Fsp3) is 0.364. The van der Waals surface area contributed by atoms with Gasteiger partial charge in [0.1, 0.15) is 15.3 Å². The molecule has 2 amide bonds. The third-order valence-corrected chi connectivity index (χ3v) is 5.44. The first-order valence-electron chi connectivity index (χ1n) is 10.6. The SMILES string of the molecule is CCOC(=O)/C(C#N)=c1\s/c(=C/Nc2ccc(NC(=O)NCCOCCO)cc2)c(=O)n1CC. The summed E-state index contributed by atoms with van der Waals surface area (Å²) < 4.78 is 11.9. The molecule has 0 bridgehead atoms. The topological polar surface area (TPSA) is 155 Å². The van der Waals surface area contributed by atoms with E-state index in [0.29, 0.717) is 35.6 Å². The van der Waals surface area contributed by atoms with Gasteiger partial charge in [-0.3, -0.25) is 9.36 Å². The lowest BCUT2D eigenvalue weighted by Gasteiger charge is -2.08. The molecule has 0 saturated carbocycles. The number of carbonyl (C=O) groups is 2. The van der Waals surface area contributed by atoms with Crippen LogP contribution in [-0.2, 0) is 20.8 Å². The van der Waals surface area contributed by atoms with Crippen LogP contribution in [0.2, 0.25) is 0 Å². The van der Waals surface area contributed by atoms with Crippen LogP contribution in [-0.4, -0.2) is 54.6 Å². The summed E-state index contributed by atoms with van der Waals surface area (Å²) >= 11 is 1.02. The lowest BCUT2D eigenvalue weighted by atomic mass is 10.3. The van der Waals surface area contributed by atoms with Gasteiger partial charge in [0.15, 0.2) is 5.57 Å². The summed E-state index contributed by atoms with van der Waals surface area (Å²) in [6, 6.07) is 8.25. The van der Waals surface area contributed by atoms with Gasteiger partial charge in [0.05, 0.1) is 26.4 Å². The summed E-state index contributed by atoms with van der Waals surface area (Å²) in [5, 5.41) is 26.3. The summed E-state index contributed by atoms with van der Waals surface area (Å²) in [6.07, 6.45) is 1.50. The van der Waals surface area contributed by atoms with Crippen molar-refractivity contribution in [1.82, 2.24) is 9.88 Å². The molecule has 0 fully saturated rings. The molecule has 0 aliphatic carbocycles. The highest BCUT2D eigenvalue weighted by Gasteiger charge is 2.16. The standard InChI is InChI=1S/C22H27N5O6S/c1-3-27-19(29)18(34-20(27)17(13-23)21(30)33-4-2)14-25-15-5-7-16(8-6-15)26-22(31)24-9-11-32-12-10-28/h5-8,14,25,28H,3-4,9-12H2,1-2H3,(H2,24,26,31)/b18-14+,20-17-. The Balaban J connectivity index is 2.12. The summed E-state index contributed by atoms with van der Waals surface area (Å²) in [4.78, 5) is 36.7. The zero-order valence-electron chi connectivity index (χ0n) is 18.9. The first-order valence-corrected chi connectivity index (χ1v) is 11.4. The number of thiazole rings is 1. The second-order valence-electron chi connectivity index (χ2n) is 6.61. The molecule has 2 rings (SSSR count). The average Bonchev–Trinajstić information content (AvgIpc) is 3.14. The highest BCUT2D eigenvalue weighted by Crippen LogP contribution is 2.13. The van der Waals surface area contributed by atoms with E-state index in [2.05, 4.69) is 16.0 Å². The number of ether oxygens (including phenoxy) is 2. The molecule has 0 aliphatic heterocycles. The maximum absolute atomic E-state index is 12.7. The highest BCUT2D eigenvalue weighted by atomic mass is 32.1. The van der Waals surface area contributed by atoms with Gasteiger partial charge in [-0.1, -0.05) is 0 Å². The quantitative estimate of drug-likeness (QED) is 0.257. The number of nitrogens with zero attached hydrogens (tertiary/aromatic N) is 2. The molecule has 1 aromatic carbocycles. The number of aliphatic hydroxyl groups excluding tert-OH is 1. The Kier molecular flexibility index (Phi) is 10.8. The molecule has 1 aromatic heterocycles. The van der Waals surface area contributed by atoms with Crippen LogP contribution in [0.25, 0.3) is 11.8 Å². The minimum atomic E-state index is -0.766. The molecule has 0 unspecified atom stereocenters. The Morgan fingerprint density at radius 3 is 2.53 bits per heavy atom. The van der Waals surface area contributed by atoms with Gasteiger partial charge < -0.3 is 30.5 Å². The van der Waals surface area contributed by atoms with Crippen molar-refractivity contribution in [1.29, 1.82) is 5.26 Å². The van der Waals surface area contributed by atoms with Gasteiger partial charge in [-0.15, -0.1) is 11.3 Å². The first kappa shape index (κ1) is 26.6. The van der Waals surface area contributed by atoms with Crippen LogP contribution in [0.5, 0.6) is 0 Å². The van der Waals surface area contributed by atoms with E-state index in [-0.39, 0.29) is 35.6 Å². The van der Waals surface area contributed by atoms with E-state index < -0.39 is 12.0 Å². The molecule has 34 heavy (non-hydrogen) atoms. The van der Waals surface area contributed by atoms with Crippen molar-refractivity contribution in [3.63, 3.8) is 0 Å². The van der Waals surface area contributed by atoms with Crippen LogP contribution in [0.3, 0.4) is 0 Å². The van der Waals surface area contributed by atoms with Gasteiger partial charge in [0, 0.05) is 30.7 Å². The van der Waals surface area contributed by atoms with Crippen molar-refractivity contribution in [2.45, 2.75) is 20.4 Å². The van der Waals surface area contributed by atoms with E-state index in [1.807, 2.05) is 6.07 Å². The highest BCUT2D eigenvalue weighted by molar-refractivity contribution is 7.07. The number of nitrogens with one attached hydrogen (secondary N) is 3. The largest absolute Gasteiger partial charge is 0.462 e. The lowest BCUT2D eigenvalue weighted by Crippen LogP contribution is -2.32. The molecule has 2 aromatic rings. The maximum atomic E-state index is 12.7. The Morgan fingerprint density at radius 2 is 1.91 bits per heavy atom. The number of aromatic nitrogens is 1. The number of benzene rings is 1. The number of rotatable bonds is 11. The van der Waals surface area contributed by atoms with Crippen molar-refractivity contribution < 1.29 is 24.2 Å². The fourth-order valence-electron chi connectivity index (χ4n) is 2.75. The Morgan fingerprint density at radius 1 is 1.21 bits per heavy atom. The molecule has 0 saturated heterocycles. The number of urea groups is 1. The molecule has 0 atom stereocenters. The van der Waals surface area contributed by atoms with Crippen molar-refractivity contribution in [3.05, 3.63) is 43.8 Å².